The van der Waals surface area contributed by atoms with Gasteiger partial charge >= 0.3 is 0 Å². The van der Waals surface area contributed by atoms with Crippen LogP contribution in [0, 0.1) is 0 Å². The highest BCUT2D eigenvalue weighted by molar-refractivity contribution is 7.92. The summed E-state index contributed by atoms with van der Waals surface area (Å²) in [6.45, 7) is 7.50. The first-order chi connectivity index (χ1) is 9.67. The number of carbonyl (C=O) groups excluding carboxylic acids is 1. The highest BCUT2D eigenvalue weighted by Gasteiger charge is 2.28. The van der Waals surface area contributed by atoms with Gasteiger partial charge in [-0.15, -0.1) is 0 Å². The molecule has 118 valence electrons. The number of hydrogen-bond acceptors (Lipinski definition) is 4. The van der Waals surface area contributed by atoms with E-state index in [4.69, 9.17) is 4.74 Å². The summed E-state index contributed by atoms with van der Waals surface area (Å²) in [6.07, 6.45) is 0. The van der Waals surface area contributed by atoms with Crippen LogP contribution in [-0.2, 0) is 9.84 Å². The van der Waals surface area contributed by atoms with E-state index in [-0.39, 0.29) is 18.2 Å². The molecule has 1 N–H and O–H groups in total. The Morgan fingerprint density at radius 3 is 2.24 bits per heavy atom. The number of nitrogens with one attached hydrogen (secondary N) is 1. The van der Waals surface area contributed by atoms with Gasteiger partial charge in [0.15, 0.2) is 9.84 Å². The molecule has 0 bridgehead atoms. The van der Waals surface area contributed by atoms with Crippen molar-refractivity contribution in [2.45, 2.75) is 32.4 Å². The van der Waals surface area contributed by atoms with E-state index in [0.29, 0.717) is 17.9 Å². The lowest BCUT2D eigenvalue weighted by Gasteiger charge is -2.19. The van der Waals surface area contributed by atoms with Crippen molar-refractivity contribution in [3.8, 4) is 5.75 Å². The number of sulfone groups is 1. The Labute approximate surface area is 126 Å². The van der Waals surface area contributed by atoms with Gasteiger partial charge in [-0.3, -0.25) is 4.79 Å². The lowest BCUT2D eigenvalue weighted by atomic mass is 10.2. The van der Waals surface area contributed by atoms with E-state index in [0.717, 1.165) is 0 Å². The molecular formula is C15H23NO4S. The topological polar surface area (TPSA) is 72.5 Å². The molecule has 6 heteroatoms. The smallest absolute Gasteiger partial charge is 0.251 e. The summed E-state index contributed by atoms with van der Waals surface area (Å²) in [4.78, 5) is 11.9. The van der Waals surface area contributed by atoms with Gasteiger partial charge in [0.25, 0.3) is 5.91 Å². The van der Waals surface area contributed by atoms with Crippen LogP contribution in [0.3, 0.4) is 0 Å². The molecule has 0 saturated heterocycles. The molecule has 1 rings (SSSR count). The summed E-state index contributed by atoms with van der Waals surface area (Å²) < 4.78 is 28.3. The van der Waals surface area contributed by atoms with Crippen molar-refractivity contribution in [1.82, 2.24) is 5.32 Å². The Kier molecular flexibility index (Phi) is 5.78. The van der Waals surface area contributed by atoms with Crippen LogP contribution < -0.4 is 10.1 Å². The van der Waals surface area contributed by atoms with E-state index in [9.17, 15) is 13.2 Å². The molecule has 0 aromatic heterocycles. The van der Waals surface area contributed by atoms with Crippen LogP contribution in [0.2, 0.25) is 0 Å². The fraction of sp³-hybridized carbons (Fsp3) is 0.533. The van der Waals surface area contributed by atoms with E-state index in [1.165, 1.54) is 0 Å². The average molecular weight is 313 g/mol. The van der Waals surface area contributed by atoms with Gasteiger partial charge in [-0.2, -0.15) is 0 Å². The Morgan fingerprint density at radius 2 is 1.76 bits per heavy atom. The highest BCUT2D eigenvalue weighted by atomic mass is 32.2. The molecule has 0 radical (unpaired) electrons. The standard InChI is InChI=1S/C15H23NO4S/c1-5-20-13-8-6-12(7-9-13)14(17)16-10-11-21(18,19)15(2,3)4/h6-9H,5,10-11H2,1-4H3,(H,16,17). The first-order valence-corrected chi connectivity index (χ1v) is 8.56. The minimum Gasteiger partial charge on any atom is -0.494 e. The van der Waals surface area contributed by atoms with Crippen LogP contribution in [0.4, 0.5) is 0 Å². The molecule has 0 aliphatic carbocycles. The molecule has 5 nitrogen and oxygen atoms in total. The second kappa shape index (κ2) is 6.93. The van der Waals surface area contributed by atoms with Gasteiger partial charge in [0.1, 0.15) is 5.75 Å². The van der Waals surface area contributed by atoms with E-state index < -0.39 is 14.6 Å². The van der Waals surface area contributed by atoms with Crippen LogP contribution in [-0.4, -0.2) is 38.0 Å². The SMILES string of the molecule is CCOc1ccc(C(=O)NCCS(=O)(=O)C(C)(C)C)cc1. The van der Waals surface area contributed by atoms with E-state index in [2.05, 4.69) is 5.32 Å². The molecule has 0 fully saturated rings. The summed E-state index contributed by atoms with van der Waals surface area (Å²) >= 11 is 0. The maximum absolute atomic E-state index is 11.9. The van der Waals surface area contributed by atoms with E-state index in [1.807, 2.05) is 6.92 Å². The number of benzene rings is 1. The Hall–Kier alpha value is -1.56. The Bertz CT molecular complexity index is 571. The van der Waals surface area contributed by atoms with Crippen molar-refractivity contribution in [3.63, 3.8) is 0 Å². The number of ether oxygens (including phenoxy) is 1. The molecule has 0 saturated carbocycles. The molecule has 1 aromatic carbocycles. The van der Waals surface area contributed by atoms with Gasteiger partial charge in [-0.25, -0.2) is 8.42 Å². The first kappa shape index (κ1) is 17.5. The lowest BCUT2D eigenvalue weighted by Crippen LogP contribution is -2.36. The van der Waals surface area contributed by atoms with Crippen molar-refractivity contribution in [2.75, 3.05) is 18.9 Å². The predicted octanol–water partition coefficient (Wildman–Crippen LogP) is 2.03. The molecule has 0 heterocycles. The summed E-state index contributed by atoms with van der Waals surface area (Å²) in [6, 6.07) is 6.73. The molecule has 0 aliphatic heterocycles. The summed E-state index contributed by atoms with van der Waals surface area (Å²) in [5, 5.41) is 2.62. The molecule has 0 unspecified atom stereocenters. The monoisotopic (exact) mass is 313 g/mol. The Balaban J connectivity index is 2.55. The normalized spacial score (nSPS) is 12.0. The van der Waals surface area contributed by atoms with Crippen molar-refractivity contribution in [1.29, 1.82) is 0 Å². The van der Waals surface area contributed by atoms with Gasteiger partial charge in [0.2, 0.25) is 0 Å². The fourth-order valence-electron chi connectivity index (χ4n) is 1.58. The summed E-state index contributed by atoms with van der Waals surface area (Å²) in [5.74, 6) is 0.339. The van der Waals surface area contributed by atoms with Crippen molar-refractivity contribution in [3.05, 3.63) is 29.8 Å². The zero-order chi connectivity index (χ0) is 16.1. The second-order valence-electron chi connectivity index (χ2n) is 5.64. The minimum absolute atomic E-state index is 0.0702. The first-order valence-electron chi connectivity index (χ1n) is 6.91. The summed E-state index contributed by atoms with van der Waals surface area (Å²) in [7, 11) is -3.22. The number of amides is 1. The van der Waals surface area contributed by atoms with Crippen molar-refractivity contribution in [2.24, 2.45) is 0 Å². The fourth-order valence-corrected chi connectivity index (χ4v) is 2.56. The molecule has 1 aromatic rings. The number of rotatable bonds is 6. The maximum Gasteiger partial charge on any atom is 0.251 e. The van der Waals surface area contributed by atoms with Gasteiger partial charge < -0.3 is 10.1 Å². The second-order valence-corrected chi connectivity index (χ2v) is 8.51. The lowest BCUT2D eigenvalue weighted by molar-refractivity contribution is 0.0956. The Morgan fingerprint density at radius 1 is 1.19 bits per heavy atom. The van der Waals surface area contributed by atoms with Gasteiger partial charge in [0.05, 0.1) is 17.1 Å². The van der Waals surface area contributed by atoms with Gasteiger partial charge in [-0.1, -0.05) is 0 Å². The third-order valence-corrected chi connectivity index (χ3v) is 5.62. The van der Waals surface area contributed by atoms with Gasteiger partial charge in [-0.05, 0) is 52.0 Å². The number of hydrogen-bond donors (Lipinski definition) is 1. The van der Waals surface area contributed by atoms with E-state index in [1.54, 1.807) is 45.0 Å². The highest BCUT2D eigenvalue weighted by Crippen LogP contribution is 2.15. The van der Waals surface area contributed by atoms with Crippen molar-refractivity contribution >= 4 is 15.7 Å². The largest absolute Gasteiger partial charge is 0.494 e. The minimum atomic E-state index is -3.22. The predicted molar refractivity (Wildman–Crippen MR) is 83.5 cm³/mol. The van der Waals surface area contributed by atoms with Crippen LogP contribution in [0.15, 0.2) is 24.3 Å². The molecule has 0 spiro atoms. The zero-order valence-electron chi connectivity index (χ0n) is 13.0. The molecule has 0 aliphatic rings. The maximum atomic E-state index is 11.9. The van der Waals surface area contributed by atoms with Crippen LogP contribution in [0.1, 0.15) is 38.1 Å². The van der Waals surface area contributed by atoms with Gasteiger partial charge in [0, 0.05) is 12.1 Å². The average Bonchev–Trinajstić information content (AvgIpc) is 2.38. The van der Waals surface area contributed by atoms with Crippen molar-refractivity contribution < 1.29 is 17.9 Å². The third kappa shape index (κ3) is 5.04. The summed E-state index contributed by atoms with van der Waals surface area (Å²) in [5.41, 5.74) is 0.478. The quantitative estimate of drug-likeness (QED) is 0.872. The molecule has 0 atom stereocenters. The zero-order valence-corrected chi connectivity index (χ0v) is 13.8. The molecule has 1 amide bonds. The molecule has 21 heavy (non-hydrogen) atoms. The van der Waals surface area contributed by atoms with Crippen LogP contribution >= 0.6 is 0 Å². The van der Waals surface area contributed by atoms with Crippen LogP contribution in [0.5, 0.6) is 5.75 Å². The molecular weight excluding hydrogens is 290 g/mol. The van der Waals surface area contributed by atoms with E-state index >= 15 is 0 Å². The number of carbonyl (C=O) groups is 1. The third-order valence-electron chi connectivity index (χ3n) is 3.02. The van der Waals surface area contributed by atoms with Crippen LogP contribution in [0.25, 0.3) is 0 Å².